The standard InChI is InChI=1S/C11H23F3N2O/c1-4-5-16(8-11(12,13)14)9(2)6-10(3,17)7-15/h9,17H,4-8,15H2,1-3H3. The van der Waals surface area contributed by atoms with Gasteiger partial charge in [0.05, 0.1) is 12.1 Å². The molecule has 0 saturated carbocycles. The summed E-state index contributed by atoms with van der Waals surface area (Å²) in [5.41, 5.74) is 4.25. The molecule has 0 amide bonds. The van der Waals surface area contributed by atoms with Crippen molar-refractivity contribution in [1.82, 2.24) is 4.90 Å². The van der Waals surface area contributed by atoms with Crippen molar-refractivity contribution in [3.8, 4) is 0 Å². The summed E-state index contributed by atoms with van der Waals surface area (Å²) in [5.74, 6) is 0. The van der Waals surface area contributed by atoms with E-state index in [0.717, 1.165) is 0 Å². The Morgan fingerprint density at radius 2 is 1.88 bits per heavy atom. The molecule has 0 radical (unpaired) electrons. The Hall–Kier alpha value is -0.330. The van der Waals surface area contributed by atoms with Gasteiger partial charge in [0.25, 0.3) is 0 Å². The van der Waals surface area contributed by atoms with Crippen LogP contribution < -0.4 is 5.73 Å². The number of halogens is 3. The summed E-state index contributed by atoms with van der Waals surface area (Å²) in [6.45, 7) is 4.53. The molecule has 0 aliphatic rings. The van der Waals surface area contributed by atoms with Crippen LogP contribution >= 0.6 is 0 Å². The summed E-state index contributed by atoms with van der Waals surface area (Å²) in [6.07, 6.45) is -3.33. The Labute approximate surface area is 101 Å². The lowest BCUT2D eigenvalue weighted by Gasteiger charge is -2.34. The molecule has 0 heterocycles. The van der Waals surface area contributed by atoms with Gasteiger partial charge in [0.1, 0.15) is 0 Å². The predicted octanol–water partition coefficient (Wildman–Crippen LogP) is 1.75. The summed E-state index contributed by atoms with van der Waals surface area (Å²) >= 11 is 0. The molecule has 2 atom stereocenters. The van der Waals surface area contributed by atoms with E-state index in [-0.39, 0.29) is 19.0 Å². The maximum Gasteiger partial charge on any atom is 0.401 e. The number of aliphatic hydroxyl groups is 1. The van der Waals surface area contributed by atoms with Crippen LogP contribution in [0, 0.1) is 0 Å². The van der Waals surface area contributed by atoms with Crippen LogP contribution in [0.25, 0.3) is 0 Å². The third-order valence-electron chi connectivity index (χ3n) is 2.69. The van der Waals surface area contributed by atoms with Gasteiger partial charge in [-0.1, -0.05) is 6.92 Å². The number of rotatable bonds is 7. The average Bonchev–Trinajstić information content (AvgIpc) is 2.14. The zero-order valence-electron chi connectivity index (χ0n) is 10.7. The third kappa shape index (κ3) is 7.57. The minimum Gasteiger partial charge on any atom is -0.389 e. The highest BCUT2D eigenvalue weighted by Crippen LogP contribution is 2.21. The van der Waals surface area contributed by atoms with Crippen LogP contribution in [0.4, 0.5) is 13.2 Å². The Bertz CT molecular complexity index is 219. The molecule has 0 rings (SSSR count). The van der Waals surface area contributed by atoms with Gasteiger partial charge in [-0.2, -0.15) is 13.2 Å². The van der Waals surface area contributed by atoms with Crippen molar-refractivity contribution in [3.63, 3.8) is 0 Å². The first-order valence-corrected chi connectivity index (χ1v) is 5.84. The Kier molecular flexibility index (Phi) is 6.43. The molecule has 0 aromatic rings. The van der Waals surface area contributed by atoms with E-state index in [9.17, 15) is 18.3 Å². The van der Waals surface area contributed by atoms with Crippen LogP contribution in [-0.4, -0.2) is 47.5 Å². The van der Waals surface area contributed by atoms with Crippen molar-refractivity contribution in [3.05, 3.63) is 0 Å². The molecule has 0 fully saturated rings. The predicted molar refractivity (Wildman–Crippen MR) is 61.7 cm³/mol. The van der Waals surface area contributed by atoms with Crippen LogP contribution in [0.15, 0.2) is 0 Å². The molecular weight excluding hydrogens is 233 g/mol. The monoisotopic (exact) mass is 256 g/mol. The van der Waals surface area contributed by atoms with Crippen molar-refractivity contribution in [2.45, 2.75) is 51.4 Å². The molecule has 6 heteroatoms. The van der Waals surface area contributed by atoms with Gasteiger partial charge >= 0.3 is 6.18 Å². The fourth-order valence-corrected chi connectivity index (χ4v) is 1.82. The molecule has 0 aliphatic heterocycles. The molecule has 0 bridgehead atoms. The maximum atomic E-state index is 12.4. The highest BCUT2D eigenvalue weighted by atomic mass is 19.4. The fourth-order valence-electron chi connectivity index (χ4n) is 1.82. The first-order valence-electron chi connectivity index (χ1n) is 5.84. The topological polar surface area (TPSA) is 49.5 Å². The van der Waals surface area contributed by atoms with Gasteiger partial charge in [0, 0.05) is 12.6 Å². The molecule has 17 heavy (non-hydrogen) atoms. The number of hydrogen-bond donors (Lipinski definition) is 2. The van der Waals surface area contributed by atoms with E-state index in [1.807, 2.05) is 6.92 Å². The quantitative estimate of drug-likeness (QED) is 0.729. The largest absolute Gasteiger partial charge is 0.401 e. The van der Waals surface area contributed by atoms with Crippen LogP contribution in [0.2, 0.25) is 0 Å². The minimum absolute atomic E-state index is 0.0450. The van der Waals surface area contributed by atoms with Crippen molar-refractivity contribution >= 4 is 0 Å². The van der Waals surface area contributed by atoms with E-state index < -0.39 is 18.3 Å². The molecule has 3 N–H and O–H groups in total. The second-order valence-electron chi connectivity index (χ2n) is 4.84. The Balaban J connectivity index is 4.49. The average molecular weight is 256 g/mol. The highest BCUT2D eigenvalue weighted by molar-refractivity contribution is 4.81. The number of alkyl halides is 3. The Morgan fingerprint density at radius 1 is 1.35 bits per heavy atom. The summed E-state index contributed by atoms with van der Waals surface area (Å²) in [4.78, 5) is 1.34. The van der Waals surface area contributed by atoms with E-state index >= 15 is 0 Å². The molecular formula is C11H23F3N2O. The number of nitrogens with zero attached hydrogens (tertiary/aromatic N) is 1. The lowest BCUT2D eigenvalue weighted by atomic mass is 9.97. The highest BCUT2D eigenvalue weighted by Gasteiger charge is 2.34. The van der Waals surface area contributed by atoms with Gasteiger partial charge in [-0.15, -0.1) is 0 Å². The van der Waals surface area contributed by atoms with E-state index in [4.69, 9.17) is 5.73 Å². The molecule has 3 nitrogen and oxygen atoms in total. The molecule has 2 unspecified atom stereocenters. The molecule has 104 valence electrons. The molecule has 0 saturated heterocycles. The second kappa shape index (κ2) is 6.56. The van der Waals surface area contributed by atoms with Gasteiger partial charge in [0.2, 0.25) is 0 Å². The summed E-state index contributed by atoms with van der Waals surface area (Å²) in [6, 6.07) is -0.352. The molecule has 0 spiro atoms. The van der Waals surface area contributed by atoms with E-state index in [1.54, 1.807) is 13.8 Å². The first-order chi connectivity index (χ1) is 7.61. The SMILES string of the molecule is CCCN(CC(F)(F)F)C(C)CC(C)(O)CN. The fraction of sp³-hybridized carbons (Fsp3) is 1.00. The maximum absolute atomic E-state index is 12.4. The smallest absolute Gasteiger partial charge is 0.389 e. The van der Waals surface area contributed by atoms with Gasteiger partial charge in [-0.3, -0.25) is 4.90 Å². The molecule has 0 aromatic heterocycles. The van der Waals surface area contributed by atoms with Crippen LogP contribution in [0.3, 0.4) is 0 Å². The van der Waals surface area contributed by atoms with Gasteiger partial charge in [-0.25, -0.2) is 0 Å². The van der Waals surface area contributed by atoms with Crippen molar-refractivity contribution < 1.29 is 18.3 Å². The lowest BCUT2D eigenvalue weighted by molar-refractivity contribution is -0.152. The number of hydrogen-bond acceptors (Lipinski definition) is 3. The summed E-state index contributed by atoms with van der Waals surface area (Å²) < 4.78 is 37.1. The number of nitrogens with two attached hydrogens (primary N) is 1. The summed E-state index contributed by atoms with van der Waals surface area (Å²) in [5, 5.41) is 9.78. The van der Waals surface area contributed by atoms with E-state index in [2.05, 4.69) is 0 Å². The van der Waals surface area contributed by atoms with Gasteiger partial charge < -0.3 is 10.8 Å². The molecule has 0 aromatic carbocycles. The Morgan fingerprint density at radius 3 is 2.24 bits per heavy atom. The van der Waals surface area contributed by atoms with Crippen molar-refractivity contribution in [2.75, 3.05) is 19.6 Å². The van der Waals surface area contributed by atoms with E-state index in [0.29, 0.717) is 13.0 Å². The third-order valence-corrected chi connectivity index (χ3v) is 2.69. The summed E-state index contributed by atoms with van der Waals surface area (Å²) in [7, 11) is 0. The second-order valence-corrected chi connectivity index (χ2v) is 4.84. The normalized spacial score (nSPS) is 18.2. The first kappa shape index (κ1) is 16.7. The zero-order valence-corrected chi connectivity index (χ0v) is 10.7. The minimum atomic E-state index is -4.21. The van der Waals surface area contributed by atoms with Crippen molar-refractivity contribution in [2.24, 2.45) is 5.73 Å². The van der Waals surface area contributed by atoms with Crippen molar-refractivity contribution in [1.29, 1.82) is 0 Å². The molecule has 0 aliphatic carbocycles. The van der Waals surface area contributed by atoms with Crippen LogP contribution in [0.1, 0.15) is 33.6 Å². The lowest BCUT2D eigenvalue weighted by Crippen LogP contribution is -2.46. The van der Waals surface area contributed by atoms with Gasteiger partial charge in [-0.05, 0) is 33.2 Å². The van der Waals surface area contributed by atoms with Crippen LogP contribution in [-0.2, 0) is 0 Å². The van der Waals surface area contributed by atoms with E-state index in [1.165, 1.54) is 4.90 Å². The zero-order chi connectivity index (χ0) is 13.7. The van der Waals surface area contributed by atoms with Gasteiger partial charge in [0.15, 0.2) is 0 Å². The van der Waals surface area contributed by atoms with Crippen LogP contribution in [0.5, 0.6) is 0 Å².